The third kappa shape index (κ3) is 5.75. The minimum Gasteiger partial charge on any atom is -0.462 e. The van der Waals surface area contributed by atoms with Crippen molar-refractivity contribution in [2.24, 2.45) is 0 Å². The first kappa shape index (κ1) is 25.8. The van der Waals surface area contributed by atoms with Gasteiger partial charge in [-0.1, -0.05) is 59.6 Å². The van der Waals surface area contributed by atoms with Gasteiger partial charge in [-0.25, -0.2) is 9.69 Å². The van der Waals surface area contributed by atoms with Gasteiger partial charge in [0, 0.05) is 20.6 Å². The fourth-order valence-electron chi connectivity index (χ4n) is 3.47. The second kappa shape index (κ2) is 11.2. The van der Waals surface area contributed by atoms with Crippen LogP contribution in [0.5, 0.6) is 0 Å². The van der Waals surface area contributed by atoms with Crippen LogP contribution in [0.15, 0.2) is 82.2 Å². The molecular formula is C27H22Cl2N2O4S. The fourth-order valence-corrected chi connectivity index (χ4v) is 4.92. The minimum absolute atomic E-state index is 0.107. The summed E-state index contributed by atoms with van der Waals surface area (Å²) in [4.78, 5) is 41.3. The smallest absolute Gasteiger partial charge is 0.338 e. The Morgan fingerprint density at radius 1 is 0.944 bits per heavy atom. The van der Waals surface area contributed by atoms with Crippen molar-refractivity contribution in [3.63, 3.8) is 0 Å². The lowest BCUT2D eigenvalue weighted by Gasteiger charge is -2.16. The lowest BCUT2D eigenvalue weighted by atomic mass is 10.2. The maximum absolute atomic E-state index is 13.5. The number of hydrogen-bond acceptors (Lipinski definition) is 6. The molecule has 1 aliphatic heterocycles. The summed E-state index contributed by atoms with van der Waals surface area (Å²) < 4.78 is 5.15. The van der Waals surface area contributed by atoms with Crippen LogP contribution in [0.3, 0.4) is 0 Å². The van der Waals surface area contributed by atoms with Crippen LogP contribution < -0.4 is 10.2 Å². The number of aryl methyl sites for hydroxylation is 1. The third-order valence-corrected chi connectivity index (χ3v) is 6.74. The van der Waals surface area contributed by atoms with E-state index in [1.54, 1.807) is 30.3 Å². The van der Waals surface area contributed by atoms with Crippen LogP contribution in [-0.2, 0) is 14.3 Å². The first-order valence-corrected chi connectivity index (χ1v) is 12.7. The number of hydrogen-bond donors (Lipinski definition) is 1. The second-order valence-corrected chi connectivity index (χ2v) is 9.99. The Balaban J connectivity index is 1.67. The number of anilines is 2. The lowest BCUT2D eigenvalue weighted by molar-refractivity contribution is -0.120. The Kier molecular flexibility index (Phi) is 8.04. The number of imide groups is 1. The number of carbonyl (C=O) groups is 3. The zero-order valence-corrected chi connectivity index (χ0v) is 21.8. The molecule has 0 radical (unpaired) electrons. The maximum Gasteiger partial charge on any atom is 0.338 e. The van der Waals surface area contributed by atoms with Gasteiger partial charge in [-0.3, -0.25) is 9.59 Å². The topological polar surface area (TPSA) is 75.7 Å². The minimum atomic E-state index is -0.535. The molecule has 4 rings (SSSR count). The molecule has 3 aromatic carbocycles. The fraction of sp³-hybridized carbons (Fsp3) is 0.148. The van der Waals surface area contributed by atoms with Crippen LogP contribution in [0, 0.1) is 6.92 Å². The average molecular weight is 541 g/mol. The summed E-state index contributed by atoms with van der Waals surface area (Å²) in [6.45, 7) is 4.19. The molecule has 0 spiro atoms. The summed E-state index contributed by atoms with van der Waals surface area (Å²) in [6.07, 6.45) is 0.710. The molecule has 0 atom stereocenters. The van der Waals surface area contributed by atoms with E-state index in [4.69, 9.17) is 27.9 Å². The van der Waals surface area contributed by atoms with Gasteiger partial charge in [-0.05, 0) is 67.9 Å². The Bertz CT molecular complexity index is 1330. The highest BCUT2D eigenvalue weighted by molar-refractivity contribution is 8.04. The van der Waals surface area contributed by atoms with Crippen molar-refractivity contribution in [1.29, 1.82) is 0 Å². The number of benzene rings is 3. The number of nitrogens with zero attached hydrogens (tertiary/aromatic N) is 1. The zero-order chi connectivity index (χ0) is 25.8. The number of amides is 2. The van der Waals surface area contributed by atoms with E-state index >= 15 is 0 Å². The molecule has 1 heterocycles. The number of nitrogens with one attached hydrogen (secondary N) is 1. The number of ether oxygens (including phenoxy) is 1. The third-order valence-electron chi connectivity index (χ3n) is 5.21. The van der Waals surface area contributed by atoms with E-state index in [0.29, 0.717) is 40.0 Å². The standard InChI is InChI=1S/C27H22Cl2N2O4S/c1-3-12-35-27(34)17-6-8-21(9-7-17)31-25(32)23(30-20-14-18(28)13-19(29)15-20)24(26(31)33)36-22-10-4-16(2)5-11-22/h4-11,13-15,30H,3,12H2,1-2H3. The monoisotopic (exact) mass is 540 g/mol. The summed E-state index contributed by atoms with van der Waals surface area (Å²) in [6, 6.07) is 18.6. The molecule has 6 nitrogen and oxygen atoms in total. The predicted octanol–water partition coefficient (Wildman–Crippen LogP) is 6.86. The molecule has 1 aliphatic rings. The number of carbonyl (C=O) groups excluding carboxylic acids is 3. The summed E-state index contributed by atoms with van der Waals surface area (Å²) in [7, 11) is 0. The maximum atomic E-state index is 13.5. The van der Waals surface area contributed by atoms with Crippen LogP contribution in [0.4, 0.5) is 11.4 Å². The van der Waals surface area contributed by atoms with Crippen molar-refractivity contribution in [3.05, 3.63) is 98.5 Å². The van der Waals surface area contributed by atoms with Gasteiger partial charge in [-0.15, -0.1) is 0 Å². The van der Waals surface area contributed by atoms with E-state index in [0.717, 1.165) is 15.4 Å². The van der Waals surface area contributed by atoms with Crippen molar-refractivity contribution >= 4 is 64.1 Å². The number of rotatable bonds is 8. The second-order valence-electron chi connectivity index (χ2n) is 8.03. The van der Waals surface area contributed by atoms with Gasteiger partial charge >= 0.3 is 5.97 Å². The van der Waals surface area contributed by atoms with Crippen molar-refractivity contribution < 1.29 is 19.1 Å². The summed E-state index contributed by atoms with van der Waals surface area (Å²) in [5.41, 5.74) is 2.32. The van der Waals surface area contributed by atoms with Gasteiger partial charge in [0.2, 0.25) is 0 Å². The molecule has 0 saturated carbocycles. The van der Waals surface area contributed by atoms with Crippen LogP contribution in [-0.4, -0.2) is 24.4 Å². The molecule has 1 N–H and O–H groups in total. The lowest BCUT2D eigenvalue weighted by Crippen LogP contribution is -2.32. The van der Waals surface area contributed by atoms with E-state index in [1.807, 2.05) is 38.1 Å². The van der Waals surface area contributed by atoms with Crippen LogP contribution in [0.2, 0.25) is 10.0 Å². The van der Waals surface area contributed by atoms with Crippen LogP contribution in [0.1, 0.15) is 29.3 Å². The van der Waals surface area contributed by atoms with E-state index in [-0.39, 0.29) is 10.6 Å². The molecule has 36 heavy (non-hydrogen) atoms. The average Bonchev–Trinajstić information content (AvgIpc) is 3.07. The molecule has 0 bridgehead atoms. The van der Waals surface area contributed by atoms with E-state index in [9.17, 15) is 14.4 Å². The van der Waals surface area contributed by atoms with Crippen molar-refractivity contribution in [2.75, 3.05) is 16.8 Å². The Labute approximate surface area is 223 Å². The van der Waals surface area contributed by atoms with Crippen LogP contribution in [0.25, 0.3) is 0 Å². The van der Waals surface area contributed by atoms with E-state index in [2.05, 4.69) is 5.32 Å². The number of esters is 1. The predicted molar refractivity (Wildman–Crippen MR) is 144 cm³/mol. The first-order valence-electron chi connectivity index (χ1n) is 11.1. The molecule has 0 fully saturated rings. The molecule has 0 aromatic heterocycles. The Morgan fingerprint density at radius 3 is 2.19 bits per heavy atom. The molecule has 2 amide bonds. The van der Waals surface area contributed by atoms with Gasteiger partial charge in [0.05, 0.1) is 17.9 Å². The zero-order valence-electron chi connectivity index (χ0n) is 19.5. The van der Waals surface area contributed by atoms with Gasteiger partial charge in [0.15, 0.2) is 0 Å². The van der Waals surface area contributed by atoms with Crippen LogP contribution >= 0.6 is 35.0 Å². The normalized spacial score (nSPS) is 13.4. The van der Waals surface area contributed by atoms with Crippen molar-refractivity contribution in [3.8, 4) is 0 Å². The first-order chi connectivity index (χ1) is 17.3. The van der Waals surface area contributed by atoms with Gasteiger partial charge in [-0.2, -0.15) is 0 Å². The quantitative estimate of drug-likeness (QED) is 0.248. The summed E-state index contributed by atoms with van der Waals surface area (Å²) in [5.74, 6) is -1.48. The molecule has 0 aliphatic carbocycles. The molecule has 0 saturated heterocycles. The molecule has 0 unspecified atom stereocenters. The molecular weight excluding hydrogens is 519 g/mol. The Hall–Kier alpha value is -3.26. The molecule has 184 valence electrons. The SMILES string of the molecule is CCCOC(=O)c1ccc(N2C(=O)C(Nc3cc(Cl)cc(Cl)c3)=C(Sc3ccc(C)cc3)C2=O)cc1. The van der Waals surface area contributed by atoms with Crippen molar-refractivity contribution in [2.45, 2.75) is 25.2 Å². The number of halogens is 2. The van der Waals surface area contributed by atoms with Gasteiger partial charge in [0.25, 0.3) is 11.8 Å². The van der Waals surface area contributed by atoms with Gasteiger partial charge < -0.3 is 10.1 Å². The highest BCUT2D eigenvalue weighted by Gasteiger charge is 2.40. The highest BCUT2D eigenvalue weighted by atomic mass is 35.5. The summed E-state index contributed by atoms with van der Waals surface area (Å²) >= 11 is 13.5. The largest absolute Gasteiger partial charge is 0.462 e. The summed E-state index contributed by atoms with van der Waals surface area (Å²) in [5, 5.41) is 3.81. The number of thioether (sulfide) groups is 1. The van der Waals surface area contributed by atoms with Gasteiger partial charge in [0.1, 0.15) is 10.6 Å². The van der Waals surface area contributed by atoms with E-state index in [1.165, 1.54) is 23.9 Å². The molecule has 9 heteroatoms. The molecule has 3 aromatic rings. The highest BCUT2D eigenvalue weighted by Crippen LogP contribution is 2.38. The van der Waals surface area contributed by atoms with E-state index < -0.39 is 17.8 Å². The van der Waals surface area contributed by atoms with Crippen molar-refractivity contribution in [1.82, 2.24) is 0 Å². The Morgan fingerprint density at radius 2 is 1.58 bits per heavy atom.